The van der Waals surface area contributed by atoms with E-state index in [2.05, 4.69) is 22.7 Å². The van der Waals surface area contributed by atoms with Gasteiger partial charge in [0, 0.05) is 28.5 Å². The van der Waals surface area contributed by atoms with Gasteiger partial charge in [-0.15, -0.1) is 12.4 Å². The molecule has 0 aliphatic heterocycles. The molecule has 0 saturated carbocycles. The topological polar surface area (TPSA) is 68.2 Å². The Morgan fingerprint density at radius 3 is 2.47 bits per heavy atom. The fourth-order valence-corrected chi connectivity index (χ4v) is 3.86. The molecule has 4 rings (SSSR count). The second-order valence-electron chi connectivity index (χ2n) is 8.29. The van der Waals surface area contributed by atoms with Gasteiger partial charge in [0.2, 0.25) is 0 Å². The van der Waals surface area contributed by atoms with E-state index in [1.807, 2.05) is 79.7 Å². The monoisotopic (exact) mass is 524 g/mol. The van der Waals surface area contributed by atoms with Gasteiger partial charge < -0.3 is 15.4 Å². The number of nitrogens with zero attached hydrogens (tertiary/aromatic N) is 2. The minimum absolute atomic E-state index is 0. The molecule has 0 aliphatic carbocycles. The second-order valence-corrected chi connectivity index (χ2v) is 8.72. The lowest BCUT2D eigenvalue weighted by atomic mass is 10.2. The molecule has 2 N–H and O–H groups in total. The van der Waals surface area contributed by atoms with Crippen LogP contribution in [-0.2, 0) is 19.7 Å². The van der Waals surface area contributed by atoms with E-state index in [9.17, 15) is 4.79 Å². The number of carbonyl (C=O) groups is 1. The number of ether oxygens (including phenoxy) is 1. The zero-order chi connectivity index (χ0) is 24.6. The Morgan fingerprint density at radius 1 is 1.00 bits per heavy atom. The Hall–Kier alpha value is -3.32. The molecule has 0 saturated heterocycles. The normalized spacial score (nSPS) is 10.5. The third kappa shape index (κ3) is 7.34. The van der Waals surface area contributed by atoms with Crippen molar-refractivity contribution in [1.82, 2.24) is 15.1 Å². The van der Waals surface area contributed by atoms with Crippen molar-refractivity contribution in [3.63, 3.8) is 0 Å². The van der Waals surface area contributed by atoms with Crippen molar-refractivity contribution in [2.45, 2.75) is 33.5 Å². The minimum atomic E-state index is -0.252. The number of halogens is 2. The average Bonchev–Trinajstić information content (AvgIpc) is 3.24. The van der Waals surface area contributed by atoms with Crippen LogP contribution in [0.3, 0.4) is 0 Å². The van der Waals surface area contributed by atoms with E-state index in [-0.39, 0.29) is 18.3 Å². The van der Waals surface area contributed by atoms with Gasteiger partial charge >= 0.3 is 0 Å². The maximum absolute atomic E-state index is 12.8. The molecule has 188 valence electrons. The smallest absolute Gasteiger partial charge is 0.276 e. The van der Waals surface area contributed by atoms with Crippen molar-refractivity contribution in [2.24, 2.45) is 0 Å². The third-order valence-corrected chi connectivity index (χ3v) is 5.82. The summed E-state index contributed by atoms with van der Waals surface area (Å²) in [6, 6.07) is 25.1. The predicted octanol–water partition coefficient (Wildman–Crippen LogP) is 6.26. The lowest BCUT2D eigenvalue weighted by Gasteiger charge is -2.13. The molecule has 1 aromatic heterocycles. The summed E-state index contributed by atoms with van der Waals surface area (Å²) in [6.07, 6.45) is 0. The van der Waals surface area contributed by atoms with E-state index in [1.165, 1.54) is 0 Å². The fraction of sp³-hybridized carbons (Fsp3) is 0.214. The van der Waals surface area contributed by atoms with Crippen LogP contribution in [0.25, 0.3) is 0 Å². The Balaban J connectivity index is 0.00000361. The number of anilines is 1. The molecule has 0 unspecified atom stereocenters. The average molecular weight is 525 g/mol. The molecule has 1 amide bonds. The number of benzene rings is 3. The van der Waals surface area contributed by atoms with Crippen molar-refractivity contribution < 1.29 is 9.53 Å². The summed E-state index contributed by atoms with van der Waals surface area (Å²) in [5.41, 5.74) is 5.09. The molecule has 0 atom stereocenters. The summed E-state index contributed by atoms with van der Waals surface area (Å²) >= 11 is 6.27. The molecule has 8 heteroatoms. The summed E-state index contributed by atoms with van der Waals surface area (Å²) in [5.74, 6) is 0.481. The zero-order valence-electron chi connectivity index (χ0n) is 20.3. The number of hydrogen-bond donors (Lipinski definition) is 2. The number of hydrogen-bond acceptors (Lipinski definition) is 4. The standard InChI is InChI=1S/C28H29ClN4O2.ClH/c1-3-30-17-21-9-12-25(13-10-21)31-28(34)26-15-20(2)33(32-26)18-23-16-24(29)11-14-27(23)35-19-22-7-5-4-6-8-22;/h4-16,30H,3,17-19H2,1-2H3,(H,31,34);1H. The van der Waals surface area contributed by atoms with Crippen LogP contribution in [0.5, 0.6) is 5.75 Å². The van der Waals surface area contributed by atoms with Crippen LogP contribution in [-0.4, -0.2) is 22.2 Å². The highest BCUT2D eigenvalue weighted by molar-refractivity contribution is 6.30. The quantitative estimate of drug-likeness (QED) is 0.257. The number of aromatic nitrogens is 2. The lowest BCUT2D eigenvalue weighted by molar-refractivity contribution is 0.102. The number of carbonyl (C=O) groups excluding carboxylic acids is 1. The Labute approximate surface area is 223 Å². The maximum atomic E-state index is 12.8. The highest BCUT2D eigenvalue weighted by Gasteiger charge is 2.15. The van der Waals surface area contributed by atoms with Crippen molar-refractivity contribution in [3.8, 4) is 5.75 Å². The Morgan fingerprint density at radius 2 is 1.75 bits per heavy atom. The first-order valence-electron chi connectivity index (χ1n) is 11.6. The number of rotatable bonds is 10. The largest absolute Gasteiger partial charge is 0.489 e. The van der Waals surface area contributed by atoms with E-state index in [1.54, 1.807) is 10.7 Å². The molecule has 0 bridgehead atoms. The van der Waals surface area contributed by atoms with Gasteiger partial charge in [-0.3, -0.25) is 9.48 Å². The fourth-order valence-electron chi connectivity index (χ4n) is 3.66. The van der Waals surface area contributed by atoms with E-state index >= 15 is 0 Å². The Kier molecular flexibility index (Phi) is 9.94. The van der Waals surface area contributed by atoms with Crippen LogP contribution < -0.4 is 15.4 Å². The number of nitrogens with one attached hydrogen (secondary N) is 2. The second kappa shape index (κ2) is 13.1. The summed E-state index contributed by atoms with van der Waals surface area (Å²) < 4.78 is 7.86. The first-order chi connectivity index (χ1) is 17.0. The van der Waals surface area contributed by atoms with Gasteiger partial charge in [-0.25, -0.2) is 0 Å². The van der Waals surface area contributed by atoms with Gasteiger partial charge in [0.15, 0.2) is 5.69 Å². The van der Waals surface area contributed by atoms with Crippen LogP contribution in [0.2, 0.25) is 5.02 Å². The summed E-state index contributed by atoms with van der Waals surface area (Å²) in [6.45, 7) is 6.59. The van der Waals surface area contributed by atoms with Crippen LogP contribution in [0.4, 0.5) is 5.69 Å². The first kappa shape index (κ1) is 27.3. The van der Waals surface area contributed by atoms with Crippen LogP contribution in [0.15, 0.2) is 78.9 Å². The van der Waals surface area contributed by atoms with Gasteiger partial charge in [-0.2, -0.15) is 5.10 Å². The minimum Gasteiger partial charge on any atom is -0.489 e. The molecular formula is C28H30Cl2N4O2. The van der Waals surface area contributed by atoms with Crippen molar-refractivity contribution in [2.75, 3.05) is 11.9 Å². The molecule has 1 heterocycles. The van der Waals surface area contributed by atoms with Gasteiger partial charge in [0.1, 0.15) is 12.4 Å². The van der Waals surface area contributed by atoms with E-state index in [4.69, 9.17) is 16.3 Å². The van der Waals surface area contributed by atoms with E-state index < -0.39 is 0 Å². The highest BCUT2D eigenvalue weighted by atomic mass is 35.5. The lowest BCUT2D eigenvalue weighted by Crippen LogP contribution is -2.14. The summed E-state index contributed by atoms with van der Waals surface area (Å²) in [5, 5.41) is 11.4. The third-order valence-electron chi connectivity index (χ3n) is 5.58. The summed E-state index contributed by atoms with van der Waals surface area (Å²) in [7, 11) is 0. The van der Waals surface area contributed by atoms with E-state index in [0.29, 0.717) is 23.9 Å². The molecule has 36 heavy (non-hydrogen) atoms. The van der Waals surface area contributed by atoms with Gasteiger partial charge in [0.25, 0.3) is 5.91 Å². The molecule has 4 aromatic rings. The van der Waals surface area contributed by atoms with E-state index in [0.717, 1.165) is 46.9 Å². The van der Waals surface area contributed by atoms with Crippen LogP contribution in [0, 0.1) is 6.92 Å². The molecule has 0 radical (unpaired) electrons. The highest BCUT2D eigenvalue weighted by Crippen LogP contribution is 2.25. The maximum Gasteiger partial charge on any atom is 0.276 e. The number of amides is 1. The van der Waals surface area contributed by atoms with Gasteiger partial charge in [-0.1, -0.05) is 61.0 Å². The molecule has 0 spiro atoms. The SMILES string of the molecule is CCNCc1ccc(NC(=O)c2cc(C)n(Cc3cc(Cl)ccc3OCc3ccccc3)n2)cc1.Cl. The molecule has 3 aromatic carbocycles. The molecular weight excluding hydrogens is 495 g/mol. The van der Waals surface area contributed by atoms with Gasteiger partial charge in [-0.05, 0) is 61.0 Å². The van der Waals surface area contributed by atoms with Crippen LogP contribution >= 0.6 is 24.0 Å². The van der Waals surface area contributed by atoms with Crippen molar-refractivity contribution >= 4 is 35.6 Å². The van der Waals surface area contributed by atoms with Gasteiger partial charge in [0.05, 0.1) is 6.54 Å². The molecule has 0 fully saturated rings. The number of aryl methyl sites for hydroxylation is 1. The molecule has 6 nitrogen and oxygen atoms in total. The Bertz CT molecular complexity index is 1270. The predicted molar refractivity (Wildman–Crippen MR) is 147 cm³/mol. The van der Waals surface area contributed by atoms with Crippen molar-refractivity contribution in [3.05, 3.63) is 112 Å². The zero-order valence-corrected chi connectivity index (χ0v) is 21.9. The van der Waals surface area contributed by atoms with Crippen LogP contribution in [0.1, 0.15) is 39.8 Å². The molecule has 0 aliphatic rings. The first-order valence-corrected chi connectivity index (χ1v) is 12.0. The van der Waals surface area contributed by atoms with Crippen molar-refractivity contribution in [1.29, 1.82) is 0 Å². The summed E-state index contributed by atoms with van der Waals surface area (Å²) in [4.78, 5) is 12.8.